The summed E-state index contributed by atoms with van der Waals surface area (Å²) in [6.07, 6.45) is 41.5. The highest BCUT2D eigenvalue weighted by Crippen LogP contribution is 2.40. The first-order chi connectivity index (χ1) is 23.7. The molecule has 0 aliphatic heterocycles. The largest absolute Gasteiger partial charge is 0.756 e. The van der Waals surface area contributed by atoms with Gasteiger partial charge in [-0.1, -0.05) is 188 Å². The van der Waals surface area contributed by atoms with Gasteiger partial charge in [0.15, 0.2) is 0 Å². The lowest BCUT2D eigenvalue weighted by atomic mass is 9.94. The smallest absolute Gasteiger partial charge is 0.268 e. The minimum Gasteiger partial charge on any atom is -0.756 e. The first kappa shape index (κ1) is 49.4. The molecule has 0 bridgehead atoms. The van der Waals surface area contributed by atoms with Crippen LogP contribution < -0.4 is 4.89 Å². The van der Waals surface area contributed by atoms with Crippen molar-refractivity contribution in [3.8, 4) is 0 Å². The predicted octanol–water partition coefficient (Wildman–Crippen LogP) is 12.4. The summed E-state index contributed by atoms with van der Waals surface area (Å²) in [5.74, 6) is 0.706. The lowest BCUT2D eigenvalue weighted by Crippen LogP contribution is -2.35. The number of phosphoric acid groups is 1. The predicted molar refractivity (Wildman–Crippen MR) is 214 cm³/mol. The van der Waals surface area contributed by atoms with Crippen molar-refractivity contribution in [3.05, 3.63) is 0 Å². The fourth-order valence-electron chi connectivity index (χ4n) is 6.15. The van der Waals surface area contributed by atoms with Crippen molar-refractivity contribution < 1.29 is 28.0 Å². The average Bonchev–Trinajstić information content (AvgIpc) is 3.07. The molecule has 0 aliphatic carbocycles. The van der Waals surface area contributed by atoms with E-state index in [1.807, 2.05) is 6.92 Å². The van der Waals surface area contributed by atoms with E-state index in [1.54, 1.807) is 0 Å². The monoisotopic (exact) mass is 737 g/mol. The van der Waals surface area contributed by atoms with Gasteiger partial charge in [0.25, 0.3) is 7.82 Å². The molecule has 0 aromatic heterocycles. The van der Waals surface area contributed by atoms with Gasteiger partial charge in [0, 0.05) is 18.6 Å². The van der Waals surface area contributed by atoms with Gasteiger partial charge in [0.05, 0.1) is 38.9 Å². The fraction of sp³-hybridized carbons (Fsp3) is 1.00. The number of ether oxygens (including phenoxy) is 2. The first-order valence-corrected chi connectivity index (χ1v) is 24.7. The Labute approximate surface area is 309 Å². The number of hydrogen-bond acceptors (Lipinski definition) is 6. The highest BCUT2D eigenvalue weighted by atomic mass is 32.2. The Morgan fingerprint density at radius 2 is 0.776 bits per heavy atom. The normalized spacial score (nSPS) is 13.4. The van der Waals surface area contributed by atoms with Crippen molar-refractivity contribution in [1.29, 1.82) is 0 Å². The van der Waals surface area contributed by atoms with Gasteiger partial charge in [-0.3, -0.25) is 4.57 Å². The van der Waals surface area contributed by atoms with Gasteiger partial charge >= 0.3 is 0 Å². The molecule has 49 heavy (non-hydrogen) atoms. The highest BCUT2D eigenvalue weighted by molar-refractivity contribution is 7.95. The summed E-state index contributed by atoms with van der Waals surface area (Å²) in [4.78, 5) is 12.4. The Hall–Kier alpha value is 0.380. The third-order valence-corrected chi connectivity index (χ3v) is 11.4. The first-order valence-electron chi connectivity index (χ1n) is 21.0. The Bertz CT molecular complexity index is 673. The van der Waals surface area contributed by atoms with E-state index < -0.39 is 13.2 Å². The Balaban J connectivity index is 4.15. The molecule has 0 saturated heterocycles. The van der Waals surface area contributed by atoms with E-state index in [1.165, 1.54) is 167 Å². The number of phosphoric ester groups is 1. The van der Waals surface area contributed by atoms with Crippen LogP contribution in [0.1, 0.15) is 201 Å². The van der Waals surface area contributed by atoms with E-state index in [2.05, 4.69) is 26.4 Å². The maximum atomic E-state index is 12.4. The van der Waals surface area contributed by atoms with Crippen LogP contribution in [0.15, 0.2) is 0 Å². The zero-order valence-electron chi connectivity index (χ0n) is 33.6. The summed E-state index contributed by atoms with van der Waals surface area (Å²) in [7, 11) is -4.23. The molecule has 0 amide bonds. The van der Waals surface area contributed by atoms with Crippen LogP contribution in [0.5, 0.6) is 0 Å². The minimum atomic E-state index is -4.35. The minimum absolute atomic E-state index is 0.00915. The van der Waals surface area contributed by atoms with Crippen molar-refractivity contribution in [2.75, 3.05) is 57.9 Å². The maximum absolute atomic E-state index is 12.4. The van der Waals surface area contributed by atoms with Crippen molar-refractivity contribution in [2.45, 2.75) is 201 Å². The third-order valence-electron chi connectivity index (χ3n) is 9.50. The molecule has 0 rings (SSSR count). The van der Waals surface area contributed by atoms with E-state index in [-0.39, 0.29) is 24.1 Å². The van der Waals surface area contributed by atoms with Crippen LogP contribution in [0.2, 0.25) is 0 Å². The van der Waals surface area contributed by atoms with Crippen LogP contribution in [-0.2, 0) is 34.0 Å². The fourth-order valence-corrected chi connectivity index (χ4v) is 7.55. The van der Waals surface area contributed by atoms with E-state index in [0.717, 1.165) is 12.8 Å². The van der Waals surface area contributed by atoms with E-state index in [0.29, 0.717) is 32.2 Å². The second-order valence-corrected chi connectivity index (χ2v) is 19.1. The zero-order chi connectivity index (χ0) is 36.2. The summed E-state index contributed by atoms with van der Waals surface area (Å²) >= 11 is 0. The van der Waals surface area contributed by atoms with Gasteiger partial charge in [-0.05, 0) is 23.7 Å². The van der Waals surface area contributed by atoms with Crippen LogP contribution in [0.3, 0.4) is 0 Å². The topological polar surface area (TPSA) is 77.1 Å². The molecule has 1 atom stereocenters. The molecule has 0 saturated carbocycles. The lowest BCUT2D eigenvalue weighted by molar-refractivity contribution is -0.228. The Kier molecular flexibility index (Phi) is 37.0. The molecule has 0 aliphatic rings. The van der Waals surface area contributed by atoms with Gasteiger partial charge in [-0.2, -0.15) is 0 Å². The van der Waals surface area contributed by atoms with Gasteiger partial charge in [0.2, 0.25) is 0 Å². The van der Waals surface area contributed by atoms with Crippen LogP contribution in [0, 0.1) is 5.41 Å². The van der Waals surface area contributed by atoms with Gasteiger partial charge in [-0.25, -0.2) is 0 Å². The van der Waals surface area contributed by atoms with E-state index in [9.17, 15) is 9.46 Å². The summed E-state index contributed by atoms with van der Waals surface area (Å²) in [6.45, 7) is 8.94. The lowest BCUT2D eigenvalue weighted by Gasteiger charge is -2.32. The van der Waals surface area contributed by atoms with Gasteiger partial charge in [0.1, 0.15) is 5.75 Å². The molecule has 0 aromatic rings. The summed E-state index contributed by atoms with van der Waals surface area (Å²) in [5, 5.41) is 0. The molecule has 1 unspecified atom stereocenters. The standard InChI is InChI=1S/C41H85O6PS/c1-6-8-10-12-14-16-18-20-22-24-26-28-30-32-34-44-38-41(3,40-47-48(42,43)46-36-37-49(4)5)39-45-35-33-31-29-27-25-23-21-19-17-15-13-11-9-7-2/h6-40H2,1-5H3. The van der Waals surface area contributed by atoms with Crippen molar-refractivity contribution in [2.24, 2.45) is 5.41 Å². The van der Waals surface area contributed by atoms with E-state index in [4.69, 9.17) is 18.5 Å². The number of unbranched alkanes of at least 4 members (excludes halogenated alkanes) is 26. The summed E-state index contributed by atoms with van der Waals surface area (Å²) in [6, 6.07) is 0. The second kappa shape index (κ2) is 36.7. The van der Waals surface area contributed by atoms with Crippen molar-refractivity contribution in [3.63, 3.8) is 0 Å². The number of hydrogen-bond donors (Lipinski definition) is 0. The van der Waals surface area contributed by atoms with Crippen LogP contribution >= 0.6 is 7.82 Å². The molecule has 296 valence electrons. The molecule has 0 aromatic carbocycles. The highest BCUT2D eigenvalue weighted by Gasteiger charge is 2.28. The Morgan fingerprint density at radius 1 is 0.469 bits per heavy atom. The third kappa shape index (κ3) is 37.9. The van der Waals surface area contributed by atoms with E-state index >= 15 is 0 Å². The maximum Gasteiger partial charge on any atom is 0.268 e. The van der Waals surface area contributed by atoms with Crippen LogP contribution in [0.25, 0.3) is 0 Å². The number of rotatable bonds is 41. The molecule has 0 fully saturated rings. The molecule has 0 radical (unpaired) electrons. The van der Waals surface area contributed by atoms with Crippen molar-refractivity contribution in [1.82, 2.24) is 0 Å². The zero-order valence-corrected chi connectivity index (χ0v) is 35.3. The molecule has 0 N–H and O–H groups in total. The molecule has 8 heteroatoms. The summed E-state index contributed by atoms with van der Waals surface area (Å²) < 4.78 is 35.0. The average molecular weight is 737 g/mol. The van der Waals surface area contributed by atoms with Gasteiger partial charge in [-0.15, -0.1) is 0 Å². The molecule has 6 nitrogen and oxygen atoms in total. The SMILES string of the molecule is CCCCCCCCCCCCCCCCOCC(C)(COCCCCCCCCCCCCCCCC)COP(=O)([O-])OCC[S+](C)C. The Morgan fingerprint density at radius 3 is 1.08 bits per heavy atom. The molecular formula is C41H85O6PS. The quantitative estimate of drug-likeness (QED) is 0.0353. The summed E-state index contributed by atoms with van der Waals surface area (Å²) in [5.41, 5.74) is -0.546. The van der Waals surface area contributed by atoms with Crippen molar-refractivity contribution >= 4 is 18.7 Å². The molecule has 0 spiro atoms. The molecular weight excluding hydrogens is 651 g/mol. The molecule has 0 heterocycles. The van der Waals surface area contributed by atoms with Crippen LogP contribution in [-0.4, -0.2) is 57.9 Å². The van der Waals surface area contributed by atoms with Crippen LogP contribution in [0.4, 0.5) is 0 Å². The second-order valence-electron chi connectivity index (χ2n) is 15.4. The van der Waals surface area contributed by atoms with Gasteiger partial charge < -0.3 is 23.4 Å².